The minimum Gasteiger partial charge on any atom is -0.503 e. The van der Waals surface area contributed by atoms with E-state index in [1.807, 2.05) is 0 Å². The van der Waals surface area contributed by atoms with Gasteiger partial charge in [0.15, 0.2) is 5.76 Å². The molecule has 0 aliphatic carbocycles. The van der Waals surface area contributed by atoms with Crippen LogP contribution in [0.1, 0.15) is 37.7 Å². The third-order valence-electron chi connectivity index (χ3n) is 4.73. The van der Waals surface area contributed by atoms with Crippen LogP contribution in [-0.4, -0.2) is 26.7 Å². The van der Waals surface area contributed by atoms with E-state index in [0.29, 0.717) is 26.9 Å². The maximum atomic E-state index is 13.4. The molecule has 0 saturated heterocycles. The number of aromatic nitrogens is 1. The van der Waals surface area contributed by atoms with Gasteiger partial charge in [0.05, 0.1) is 40.0 Å². The number of rotatable bonds is 5. The molecule has 1 atom stereocenters. The third kappa shape index (κ3) is 3.47. The first-order valence-corrected chi connectivity index (χ1v) is 10.1. The number of hydrogen-bond donors (Lipinski definition) is 1. The lowest BCUT2D eigenvalue weighted by Crippen LogP contribution is -2.30. The fourth-order valence-corrected chi connectivity index (χ4v) is 4.58. The van der Waals surface area contributed by atoms with E-state index in [1.54, 1.807) is 50.2 Å². The van der Waals surface area contributed by atoms with E-state index in [2.05, 4.69) is 4.98 Å². The van der Waals surface area contributed by atoms with Gasteiger partial charge in [-0.1, -0.05) is 23.7 Å². The molecule has 1 aliphatic heterocycles. The molecular weight excluding hydrogens is 412 g/mol. The normalized spacial score (nSPS) is 16.7. The lowest BCUT2D eigenvalue weighted by molar-refractivity contribution is -0.130. The Bertz CT molecular complexity index is 1130. The predicted molar refractivity (Wildman–Crippen MR) is 109 cm³/mol. The molecule has 0 saturated carbocycles. The molecule has 1 aliphatic rings. The van der Waals surface area contributed by atoms with Crippen LogP contribution < -0.4 is 0 Å². The van der Waals surface area contributed by atoms with Crippen molar-refractivity contribution in [2.45, 2.75) is 26.4 Å². The van der Waals surface area contributed by atoms with Crippen molar-refractivity contribution < 1.29 is 19.1 Å². The molecule has 0 radical (unpaired) electrons. The van der Waals surface area contributed by atoms with E-state index >= 15 is 0 Å². The van der Waals surface area contributed by atoms with Gasteiger partial charge in [0, 0.05) is 5.02 Å². The van der Waals surface area contributed by atoms with Crippen LogP contribution in [0.4, 0.5) is 0 Å². The summed E-state index contributed by atoms with van der Waals surface area (Å²) in [5.41, 5.74) is 1.22. The Morgan fingerprint density at radius 3 is 2.72 bits per heavy atom. The summed E-state index contributed by atoms with van der Waals surface area (Å²) in [5, 5.41) is 11.9. The summed E-state index contributed by atoms with van der Waals surface area (Å²) in [4.78, 5) is 32.4. The quantitative estimate of drug-likeness (QED) is 0.591. The van der Waals surface area contributed by atoms with E-state index in [1.165, 1.54) is 22.5 Å². The van der Waals surface area contributed by atoms with Crippen LogP contribution in [0.25, 0.3) is 0 Å². The largest absolute Gasteiger partial charge is 0.503 e. The Morgan fingerprint density at radius 2 is 2.10 bits per heavy atom. The van der Waals surface area contributed by atoms with Crippen molar-refractivity contribution in [2.24, 2.45) is 0 Å². The van der Waals surface area contributed by atoms with Gasteiger partial charge in [-0.2, -0.15) is 0 Å². The van der Waals surface area contributed by atoms with E-state index in [-0.39, 0.29) is 12.1 Å². The Morgan fingerprint density at radius 1 is 1.31 bits per heavy atom. The minimum atomic E-state index is -0.791. The first-order chi connectivity index (χ1) is 13.9. The average Bonchev–Trinajstić information content (AvgIpc) is 3.37. The average molecular weight is 429 g/mol. The number of nitrogens with zero attached hydrogens (tertiary/aromatic N) is 2. The molecule has 4 rings (SSSR count). The smallest absolute Gasteiger partial charge is 0.290 e. The molecule has 3 heterocycles. The van der Waals surface area contributed by atoms with Crippen LogP contribution in [0.5, 0.6) is 0 Å². The molecule has 0 spiro atoms. The maximum Gasteiger partial charge on any atom is 0.290 e. The molecule has 0 bridgehead atoms. The number of thiazole rings is 1. The van der Waals surface area contributed by atoms with Crippen molar-refractivity contribution >= 4 is 34.6 Å². The highest BCUT2D eigenvalue weighted by Crippen LogP contribution is 2.41. The zero-order valence-corrected chi connectivity index (χ0v) is 17.3. The van der Waals surface area contributed by atoms with Gasteiger partial charge in [0.1, 0.15) is 5.76 Å². The van der Waals surface area contributed by atoms with Gasteiger partial charge in [-0.3, -0.25) is 9.59 Å². The summed E-state index contributed by atoms with van der Waals surface area (Å²) in [7, 11) is 0. The number of benzene rings is 1. The number of aryl methyl sites for hydroxylation is 2. The standard InChI is InChI=1S/C21H17ClN2O4S/c1-11-20(29-12(2)23-11)18(25)16-17(13-5-3-6-14(22)9-13)24(21(27)19(16)26)10-15-7-4-8-28-15/h3-9,17,26H,10H2,1-2H3. The van der Waals surface area contributed by atoms with Gasteiger partial charge in [-0.15, -0.1) is 11.3 Å². The topological polar surface area (TPSA) is 83.6 Å². The summed E-state index contributed by atoms with van der Waals surface area (Å²) >= 11 is 7.41. The fourth-order valence-electron chi connectivity index (χ4n) is 3.51. The van der Waals surface area contributed by atoms with E-state index in [9.17, 15) is 14.7 Å². The number of Topliss-reactive ketones (excluding diaryl/α,β-unsaturated/α-hetero) is 1. The van der Waals surface area contributed by atoms with Gasteiger partial charge in [-0.25, -0.2) is 4.98 Å². The molecule has 148 valence electrons. The number of aliphatic hydroxyl groups is 1. The molecular formula is C21H17ClN2O4S. The second-order valence-electron chi connectivity index (χ2n) is 6.71. The Hall–Kier alpha value is -2.90. The number of furan rings is 1. The number of hydrogen-bond acceptors (Lipinski definition) is 6. The zero-order valence-electron chi connectivity index (χ0n) is 15.7. The summed E-state index contributed by atoms with van der Waals surface area (Å²) in [6.45, 7) is 3.64. The van der Waals surface area contributed by atoms with Gasteiger partial charge in [0.25, 0.3) is 5.91 Å². The second-order valence-corrected chi connectivity index (χ2v) is 8.35. The number of ketones is 1. The van der Waals surface area contributed by atoms with E-state index in [0.717, 1.165) is 5.01 Å². The molecule has 1 unspecified atom stereocenters. The monoisotopic (exact) mass is 428 g/mol. The molecule has 8 heteroatoms. The van der Waals surface area contributed by atoms with Crippen molar-refractivity contribution in [3.63, 3.8) is 0 Å². The molecule has 0 fully saturated rings. The summed E-state index contributed by atoms with van der Waals surface area (Å²) in [5.74, 6) is -1.06. The van der Waals surface area contributed by atoms with Crippen LogP contribution in [0, 0.1) is 13.8 Å². The Balaban J connectivity index is 1.83. The van der Waals surface area contributed by atoms with Crippen molar-refractivity contribution in [3.8, 4) is 0 Å². The van der Waals surface area contributed by atoms with Gasteiger partial charge < -0.3 is 14.4 Å². The molecule has 1 aromatic carbocycles. The highest BCUT2D eigenvalue weighted by Gasteiger charge is 2.44. The molecule has 2 aromatic heterocycles. The van der Waals surface area contributed by atoms with Gasteiger partial charge in [0.2, 0.25) is 5.78 Å². The zero-order chi connectivity index (χ0) is 20.7. The predicted octanol–water partition coefficient (Wildman–Crippen LogP) is 4.78. The molecule has 29 heavy (non-hydrogen) atoms. The lowest BCUT2D eigenvalue weighted by Gasteiger charge is -2.26. The van der Waals surface area contributed by atoms with Gasteiger partial charge in [-0.05, 0) is 43.7 Å². The molecule has 1 N–H and O–H groups in total. The van der Waals surface area contributed by atoms with E-state index < -0.39 is 23.5 Å². The van der Waals surface area contributed by atoms with Crippen LogP contribution >= 0.6 is 22.9 Å². The Labute approximate surface area is 176 Å². The number of carbonyl (C=O) groups excluding carboxylic acids is 2. The maximum absolute atomic E-state index is 13.4. The van der Waals surface area contributed by atoms with E-state index in [4.69, 9.17) is 16.0 Å². The number of halogens is 1. The molecule has 3 aromatic rings. The van der Waals surface area contributed by atoms with Crippen LogP contribution in [0.2, 0.25) is 5.02 Å². The first kappa shape index (κ1) is 19.4. The fraction of sp³-hybridized carbons (Fsp3) is 0.190. The summed E-state index contributed by atoms with van der Waals surface area (Å²) < 4.78 is 5.38. The van der Waals surface area contributed by atoms with Crippen molar-refractivity contribution in [1.82, 2.24) is 9.88 Å². The van der Waals surface area contributed by atoms with Crippen molar-refractivity contribution in [1.29, 1.82) is 0 Å². The number of aliphatic hydroxyl groups excluding tert-OH is 1. The van der Waals surface area contributed by atoms with Crippen molar-refractivity contribution in [2.75, 3.05) is 0 Å². The minimum absolute atomic E-state index is 0.0237. The van der Waals surface area contributed by atoms with Crippen molar-refractivity contribution in [3.05, 3.63) is 85.9 Å². The highest BCUT2D eigenvalue weighted by molar-refractivity contribution is 7.14. The summed E-state index contributed by atoms with van der Waals surface area (Å²) in [6.07, 6.45) is 1.51. The van der Waals surface area contributed by atoms with Gasteiger partial charge >= 0.3 is 0 Å². The third-order valence-corrected chi connectivity index (χ3v) is 6.04. The SMILES string of the molecule is Cc1nc(C)c(C(=O)C2=C(O)C(=O)N(Cc3ccco3)C2c2cccc(Cl)c2)s1. The van der Waals surface area contributed by atoms with Crippen LogP contribution in [0.15, 0.2) is 58.4 Å². The van der Waals surface area contributed by atoms with Crippen LogP contribution in [0.3, 0.4) is 0 Å². The summed E-state index contributed by atoms with van der Waals surface area (Å²) in [6, 6.07) is 9.57. The second kappa shape index (κ2) is 7.50. The number of amides is 1. The molecule has 6 nitrogen and oxygen atoms in total. The molecule has 1 amide bonds. The van der Waals surface area contributed by atoms with Crippen LogP contribution in [-0.2, 0) is 11.3 Å². The lowest BCUT2D eigenvalue weighted by atomic mass is 9.95. The number of carbonyl (C=O) groups is 2. The highest BCUT2D eigenvalue weighted by atomic mass is 35.5. The Kier molecular flexibility index (Phi) is 5.02. The first-order valence-electron chi connectivity index (χ1n) is 8.87.